The van der Waals surface area contributed by atoms with Gasteiger partial charge in [0.25, 0.3) is 6.47 Å². The van der Waals surface area contributed by atoms with Crippen LogP contribution in [0.3, 0.4) is 0 Å². The second kappa shape index (κ2) is 57.7. The molecule has 2 N–H and O–H groups in total. The van der Waals surface area contributed by atoms with Gasteiger partial charge < -0.3 is 51.3 Å². The Morgan fingerprint density at radius 3 is 1.34 bits per heavy atom. The molecule has 4 saturated heterocycles. The van der Waals surface area contributed by atoms with Crippen molar-refractivity contribution in [1.29, 1.82) is 0 Å². The molecule has 0 radical (unpaired) electrons. The van der Waals surface area contributed by atoms with E-state index in [-0.39, 0.29) is 199 Å². The number of aliphatic imine (C=N–C) groups is 1. The number of aromatic nitrogens is 8. The minimum absolute atomic E-state index is 0. The zero-order valence-corrected chi connectivity index (χ0v) is 68.4. The number of ether oxygens (including phenoxy) is 2. The van der Waals surface area contributed by atoms with Gasteiger partial charge in [0.1, 0.15) is 35.9 Å². The summed E-state index contributed by atoms with van der Waals surface area (Å²) in [5.41, 5.74) is 0.919. The number of amides is 4. The molecule has 6 aliphatic rings. The fraction of sp³-hybridized carbons (Fsp3) is 0.521. The first-order valence-corrected chi connectivity index (χ1v) is 33.8. The largest absolute Gasteiger partial charge is 1.00 e. The van der Waals surface area contributed by atoms with Gasteiger partial charge >= 0.3 is 127 Å². The van der Waals surface area contributed by atoms with Gasteiger partial charge in [-0.05, 0) is 140 Å². The molecule has 2 atom stereocenters. The number of nitrogens with zero attached hydrogens (tertiary/aromatic N) is 15. The maximum Gasteiger partial charge on any atom is 1.00 e. The van der Waals surface area contributed by atoms with E-state index >= 15 is 0 Å². The van der Waals surface area contributed by atoms with Crippen LogP contribution in [0.25, 0.3) is 0 Å². The van der Waals surface area contributed by atoms with Crippen molar-refractivity contribution in [2.24, 2.45) is 10.1 Å². The van der Waals surface area contributed by atoms with Crippen molar-refractivity contribution >= 4 is 60.9 Å². The molecule has 2 unspecified atom stereocenters. The van der Waals surface area contributed by atoms with E-state index in [0.717, 1.165) is 120 Å². The monoisotopic (exact) mass is 1650 g/mol. The van der Waals surface area contributed by atoms with E-state index in [9.17, 15) is 53.9 Å². The number of urea groups is 1. The van der Waals surface area contributed by atoms with Gasteiger partial charge in [-0.1, -0.05) is 67.8 Å². The van der Waals surface area contributed by atoms with E-state index in [1.807, 2.05) is 72.6 Å². The van der Waals surface area contributed by atoms with Crippen molar-refractivity contribution in [1.82, 2.24) is 70.2 Å². The van der Waals surface area contributed by atoms with Crippen LogP contribution in [0.4, 0.5) is 59.8 Å². The van der Waals surface area contributed by atoms with Crippen LogP contribution in [0.15, 0.2) is 108 Å². The number of benzene rings is 2. The minimum atomic E-state index is -4.97. The summed E-state index contributed by atoms with van der Waals surface area (Å²) < 4.78 is 124. The van der Waals surface area contributed by atoms with Crippen LogP contribution in [-0.2, 0) is 24.0 Å². The average Bonchev–Trinajstić information content (AvgIpc) is 1.72. The molecule has 6 aliphatic heterocycles. The summed E-state index contributed by atoms with van der Waals surface area (Å²) in [7, 11) is 0. The van der Waals surface area contributed by atoms with Crippen LogP contribution >= 0.6 is 11.6 Å². The van der Waals surface area contributed by atoms with E-state index < -0.39 is 35.5 Å². The topological polar surface area (TPSA) is 304 Å². The minimum Gasteiger partial charge on any atom is -1.00 e. The van der Waals surface area contributed by atoms with E-state index in [4.69, 9.17) is 37.3 Å². The molecular weight excluding hydrogens is 1540 g/mol. The van der Waals surface area contributed by atoms with Crippen molar-refractivity contribution < 1.29 is 189 Å². The molecule has 0 aliphatic carbocycles. The Balaban J connectivity index is -0.000000623. The Bertz CT molecular complexity index is 3640. The summed E-state index contributed by atoms with van der Waals surface area (Å²) in [5, 5.41) is 20.6. The third-order valence-electron chi connectivity index (χ3n) is 14.9. The predicted molar refractivity (Wildman–Crippen MR) is 397 cm³/mol. The number of hydrogen-bond acceptors (Lipinski definition) is 22. The Hall–Kier alpha value is -6.34. The maximum atomic E-state index is 13.5. The molecular formula is C73H105ClF9K2N17O9. The van der Waals surface area contributed by atoms with E-state index in [0.29, 0.717) is 69.3 Å². The fourth-order valence-corrected chi connectivity index (χ4v) is 10.1. The molecule has 2 aromatic carbocycles. The van der Waals surface area contributed by atoms with Crippen molar-refractivity contribution in [3.8, 4) is 0 Å². The quantitative estimate of drug-likeness (QED) is 0.0405. The Morgan fingerprint density at radius 2 is 0.946 bits per heavy atom. The van der Waals surface area contributed by atoms with Crippen LogP contribution in [0.5, 0.6) is 0 Å². The summed E-state index contributed by atoms with van der Waals surface area (Å²) in [5.74, 6) is 0.615. The SMILES string of the molecule is C.C.C.C.CC.CC(C)(C)OC(=O)N1CCC(c2ncc(F)cn2)CC1.CC(C)(C)OC(=O)N1CCNCC1.Fc1cccc(C2CC=NC2)c1.Fc1cnc(C2CCNCC2)nc1.Fc1cnc(Cl)nc1.O=C(N1CCN(c2ncc(F)cn2)CC1)N1N=CCC1c1cccc(F)c1.O=CO[O-].[2H]C(=O)C(F)(F)F.[H-].[K+].[K+]. The van der Waals surface area contributed by atoms with E-state index in [2.05, 4.69) is 65.5 Å². The molecule has 0 spiro atoms. The molecule has 10 heterocycles. The number of alkyl halides is 3. The van der Waals surface area contributed by atoms with Crippen LogP contribution in [0, 0.1) is 34.9 Å². The number of carbonyl (C=O) groups excluding carboxylic acids is 5. The number of rotatable bonds is 6. The Labute approximate surface area is 738 Å². The number of hydrogen-bond donors (Lipinski definition) is 2. The standard InChI is InChI=1S/C18H18F2N6O.C14H20FN3O2.C10H10FN.C9H12FN3.C9H18N2O2.C4H2ClFN2.C2HF3O.C2H6.CH2O3.4CH4.2K.H/c19-14-3-1-2-13(10-14)16-4-5-23-26(16)18(27)25-8-6-24(7-9-25)17-21-11-15(20)12-22-17;1-14(2,3)20-13(19)18-6-4-10(5-7-18)12-16-8-11(15)9-17-12;11-10-3-1-2-8(6-10)9-4-5-12-7-9;10-8-5-12-9(13-6-8)7-1-3-11-4-2-7;1-9(2,3)13-8(12)11-6-4-10-5-7-11;5-4-7-1-3(6)2-8-4;3-2(4,5)1-6;1-2;2-1-4-3;;;;;;;/h1-3,5,10-12,16H,4,6-9H2;8-10H,4-7H2,1-3H3;1-3,5-6,9H,4,7H2;5-7,11H,1-4H2;10H,4-7H2,1-3H3;1-2H;1H;1-2H3;1,3H;4*1H4;;;/q;;;;;;;;;;;;;2*+1;-1/p-1/i;;;;;;1D;;;;;;;;;. The van der Waals surface area contributed by atoms with Gasteiger partial charge in [0, 0.05) is 102 Å². The summed E-state index contributed by atoms with van der Waals surface area (Å²) in [6.45, 7) is 24.3. The smallest absolute Gasteiger partial charge is 1.00 e. The van der Waals surface area contributed by atoms with Gasteiger partial charge in [0.2, 0.25) is 17.5 Å². The summed E-state index contributed by atoms with van der Waals surface area (Å²) in [6, 6.07) is 12.5. The maximum absolute atomic E-state index is 13.5. The number of anilines is 1. The van der Waals surface area contributed by atoms with Crippen LogP contribution in [-0.4, -0.2) is 205 Å². The number of hydrazone groups is 1. The van der Waals surface area contributed by atoms with E-state index in [1.165, 1.54) is 48.0 Å². The summed E-state index contributed by atoms with van der Waals surface area (Å²) >= 11 is 5.22. The molecule has 12 rings (SSSR count). The number of piperazine rings is 2. The van der Waals surface area contributed by atoms with Gasteiger partial charge in [0.05, 0.1) is 55.6 Å². The fourth-order valence-electron chi connectivity index (χ4n) is 10.0. The molecule has 4 amide bonds. The van der Waals surface area contributed by atoms with Gasteiger partial charge in [-0.25, -0.2) is 85.6 Å². The van der Waals surface area contributed by atoms with Crippen LogP contribution < -0.4 is 124 Å². The van der Waals surface area contributed by atoms with Crippen LogP contribution in [0.2, 0.25) is 5.28 Å². The molecule has 4 fully saturated rings. The summed E-state index contributed by atoms with van der Waals surface area (Å²) in [4.78, 5) is 98.4. The zero-order chi connectivity index (χ0) is 78.4. The normalized spacial score (nSPS) is 16.2. The molecule has 6 aromatic rings. The van der Waals surface area contributed by atoms with Crippen LogP contribution in [0.1, 0.15) is 173 Å². The van der Waals surface area contributed by atoms with Crippen molar-refractivity contribution in [3.05, 3.63) is 161 Å². The molecule has 0 saturated carbocycles. The molecule has 38 heteroatoms. The first kappa shape index (κ1) is 107. The summed E-state index contributed by atoms with van der Waals surface area (Å²) in [6.07, 6.45) is 9.88. The molecule has 4 aromatic heterocycles. The van der Waals surface area contributed by atoms with E-state index in [1.54, 1.807) is 45.2 Å². The van der Waals surface area contributed by atoms with Crippen molar-refractivity contribution in [3.63, 3.8) is 0 Å². The molecule has 111 heavy (non-hydrogen) atoms. The van der Waals surface area contributed by atoms with Gasteiger partial charge in [-0.2, -0.15) is 18.3 Å². The Kier molecular flexibility index (Phi) is 55.4. The number of nitrogens with one attached hydrogen (secondary N) is 2. The number of piperidine rings is 2. The Morgan fingerprint density at radius 1 is 0.550 bits per heavy atom. The third-order valence-corrected chi connectivity index (χ3v) is 15.1. The number of carbonyl (C=O) groups is 5. The first-order valence-electron chi connectivity index (χ1n) is 33.9. The number of halogens is 10. The third kappa shape index (κ3) is 43.7. The molecule has 608 valence electrons. The number of aldehydes is 1. The van der Waals surface area contributed by atoms with Gasteiger partial charge in [0.15, 0.2) is 23.3 Å². The van der Waals surface area contributed by atoms with Crippen molar-refractivity contribution in [2.75, 3.05) is 90.0 Å². The molecule has 26 nitrogen and oxygen atoms in total. The van der Waals surface area contributed by atoms with Gasteiger partial charge in [-0.3, -0.25) is 14.6 Å². The number of likely N-dealkylation sites (tertiary alicyclic amines) is 1. The zero-order valence-electron chi connectivity index (χ0n) is 63.4. The second-order valence-corrected chi connectivity index (χ2v) is 25.2. The first-order chi connectivity index (χ1) is 50.3. The molecule has 0 bridgehead atoms. The van der Waals surface area contributed by atoms with Crippen molar-refractivity contribution in [2.45, 2.75) is 165 Å². The second-order valence-electron chi connectivity index (χ2n) is 24.9. The van der Waals surface area contributed by atoms with Gasteiger partial charge in [-0.15, -0.1) is 0 Å². The predicted octanol–water partition coefficient (Wildman–Crippen LogP) is 7.60. The average molecular weight is 1650 g/mol.